The molecular weight excluding hydrogens is 446 g/mol. The molecular formula is C24H31NO9. The van der Waals surface area contributed by atoms with Crippen molar-refractivity contribution in [2.45, 2.75) is 41.5 Å². The molecule has 0 aliphatic heterocycles. The van der Waals surface area contributed by atoms with E-state index < -0.39 is 17.8 Å². The molecule has 1 heterocycles. The zero-order valence-corrected chi connectivity index (χ0v) is 20.4. The third-order valence-corrected chi connectivity index (χ3v) is 4.44. The number of aryl methyl sites for hydroxylation is 1. The normalized spacial score (nSPS) is 10.4. The van der Waals surface area contributed by atoms with Crippen LogP contribution >= 0.6 is 0 Å². The van der Waals surface area contributed by atoms with Crippen molar-refractivity contribution in [3.8, 4) is 17.2 Å². The van der Waals surface area contributed by atoms with Crippen LogP contribution in [0.1, 0.15) is 71.5 Å². The summed E-state index contributed by atoms with van der Waals surface area (Å²) in [6, 6.07) is 3.00. The van der Waals surface area contributed by atoms with Crippen LogP contribution in [-0.4, -0.2) is 50.9 Å². The number of esters is 2. The van der Waals surface area contributed by atoms with E-state index in [0.29, 0.717) is 37.1 Å². The number of hydrogen-bond donors (Lipinski definition) is 1. The minimum Gasteiger partial charge on any atom is -0.490 e. The lowest BCUT2D eigenvalue weighted by molar-refractivity contribution is 0.0480. The Labute approximate surface area is 198 Å². The number of anilines is 1. The van der Waals surface area contributed by atoms with Gasteiger partial charge in [0, 0.05) is 5.56 Å². The third-order valence-electron chi connectivity index (χ3n) is 4.44. The van der Waals surface area contributed by atoms with Crippen molar-refractivity contribution < 1.29 is 42.5 Å². The van der Waals surface area contributed by atoms with E-state index in [1.165, 1.54) is 19.1 Å². The van der Waals surface area contributed by atoms with Gasteiger partial charge in [-0.05, 0) is 53.7 Å². The summed E-state index contributed by atoms with van der Waals surface area (Å²) >= 11 is 0. The first-order valence-corrected chi connectivity index (χ1v) is 11.2. The second kappa shape index (κ2) is 12.5. The van der Waals surface area contributed by atoms with Crippen LogP contribution < -0.4 is 19.5 Å². The SMILES string of the molecule is CCOC(=O)c1c(C)oc(NC(=O)c2cc(OCC)c(OCC)c(OCC)c2)c1C(=O)OCC. The van der Waals surface area contributed by atoms with Crippen molar-refractivity contribution in [1.29, 1.82) is 0 Å². The molecule has 34 heavy (non-hydrogen) atoms. The van der Waals surface area contributed by atoms with Gasteiger partial charge in [-0.1, -0.05) is 0 Å². The number of carbonyl (C=O) groups excluding carboxylic acids is 3. The molecule has 0 aliphatic carbocycles. The number of nitrogens with one attached hydrogen (secondary N) is 1. The predicted molar refractivity (Wildman–Crippen MR) is 123 cm³/mol. The third kappa shape index (κ3) is 6.00. The Morgan fingerprint density at radius 2 is 1.26 bits per heavy atom. The van der Waals surface area contributed by atoms with Gasteiger partial charge in [0.15, 0.2) is 11.5 Å². The maximum atomic E-state index is 13.2. The number of hydrogen-bond acceptors (Lipinski definition) is 9. The number of furan rings is 1. The van der Waals surface area contributed by atoms with Crippen molar-refractivity contribution in [3.63, 3.8) is 0 Å². The summed E-state index contributed by atoms with van der Waals surface area (Å²) in [5.74, 6) is -1.29. The van der Waals surface area contributed by atoms with Gasteiger partial charge < -0.3 is 28.1 Å². The van der Waals surface area contributed by atoms with Crippen LogP contribution in [0.15, 0.2) is 16.5 Å². The first kappa shape index (κ1) is 26.6. The number of ether oxygens (including phenoxy) is 5. The maximum absolute atomic E-state index is 13.2. The zero-order valence-electron chi connectivity index (χ0n) is 20.4. The van der Waals surface area contributed by atoms with Gasteiger partial charge in [0.1, 0.15) is 16.9 Å². The molecule has 0 fully saturated rings. The highest BCUT2D eigenvalue weighted by Crippen LogP contribution is 2.39. The van der Waals surface area contributed by atoms with Gasteiger partial charge in [-0.15, -0.1) is 0 Å². The highest BCUT2D eigenvalue weighted by Gasteiger charge is 2.32. The number of carbonyl (C=O) groups is 3. The molecule has 1 N–H and O–H groups in total. The lowest BCUT2D eigenvalue weighted by Gasteiger charge is -2.17. The van der Waals surface area contributed by atoms with Crippen molar-refractivity contribution in [2.24, 2.45) is 0 Å². The molecule has 0 aliphatic rings. The van der Waals surface area contributed by atoms with Gasteiger partial charge in [0.05, 0.1) is 33.0 Å². The molecule has 0 unspecified atom stereocenters. The summed E-state index contributed by atoms with van der Waals surface area (Å²) in [5.41, 5.74) is -0.156. The molecule has 1 aromatic carbocycles. The average Bonchev–Trinajstić information content (AvgIpc) is 3.12. The van der Waals surface area contributed by atoms with Crippen LogP contribution in [0.5, 0.6) is 17.2 Å². The molecule has 2 aromatic rings. The average molecular weight is 478 g/mol. The van der Waals surface area contributed by atoms with Gasteiger partial charge >= 0.3 is 11.9 Å². The van der Waals surface area contributed by atoms with Gasteiger partial charge in [-0.25, -0.2) is 9.59 Å². The number of amides is 1. The Bertz CT molecular complexity index is 999. The summed E-state index contributed by atoms with van der Waals surface area (Å²) < 4.78 is 32.6. The topological polar surface area (TPSA) is 123 Å². The summed E-state index contributed by atoms with van der Waals surface area (Å²) in [4.78, 5) is 38.2. The molecule has 1 amide bonds. The van der Waals surface area contributed by atoms with Gasteiger partial charge in [0.25, 0.3) is 5.91 Å². The Morgan fingerprint density at radius 1 is 0.765 bits per heavy atom. The fraction of sp³-hybridized carbons (Fsp3) is 0.458. The fourth-order valence-corrected chi connectivity index (χ4v) is 3.17. The van der Waals surface area contributed by atoms with Crippen LogP contribution in [0.4, 0.5) is 5.88 Å². The van der Waals surface area contributed by atoms with Crippen LogP contribution in [-0.2, 0) is 9.47 Å². The van der Waals surface area contributed by atoms with Gasteiger partial charge in [-0.3, -0.25) is 10.1 Å². The van der Waals surface area contributed by atoms with E-state index in [4.69, 9.17) is 28.1 Å². The van der Waals surface area contributed by atoms with Gasteiger partial charge in [-0.2, -0.15) is 0 Å². The second-order valence-electron chi connectivity index (χ2n) is 6.73. The zero-order chi connectivity index (χ0) is 25.3. The van der Waals surface area contributed by atoms with E-state index in [0.717, 1.165) is 0 Å². The number of rotatable bonds is 12. The Morgan fingerprint density at radius 3 is 1.74 bits per heavy atom. The number of benzene rings is 1. The molecule has 0 saturated heterocycles. The fourth-order valence-electron chi connectivity index (χ4n) is 3.17. The largest absolute Gasteiger partial charge is 0.490 e. The highest BCUT2D eigenvalue weighted by atomic mass is 16.5. The van der Waals surface area contributed by atoms with Gasteiger partial charge in [0.2, 0.25) is 11.6 Å². The Balaban J connectivity index is 2.53. The first-order chi connectivity index (χ1) is 16.3. The van der Waals surface area contributed by atoms with E-state index in [9.17, 15) is 14.4 Å². The molecule has 10 nitrogen and oxygen atoms in total. The molecule has 0 spiro atoms. The van der Waals surface area contributed by atoms with Crippen LogP contribution in [0, 0.1) is 6.92 Å². The molecule has 10 heteroatoms. The minimum atomic E-state index is -0.825. The van der Waals surface area contributed by atoms with E-state index in [1.807, 2.05) is 6.92 Å². The van der Waals surface area contributed by atoms with Crippen LogP contribution in [0.3, 0.4) is 0 Å². The Hall–Kier alpha value is -3.69. The van der Waals surface area contributed by atoms with E-state index >= 15 is 0 Å². The molecule has 2 rings (SSSR count). The van der Waals surface area contributed by atoms with Crippen molar-refractivity contribution in [2.75, 3.05) is 38.4 Å². The molecule has 186 valence electrons. The summed E-state index contributed by atoms with van der Waals surface area (Å²) in [5, 5.41) is 2.55. The molecule has 0 atom stereocenters. The summed E-state index contributed by atoms with van der Waals surface area (Å²) in [6.07, 6.45) is 0. The second-order valence-corrected chi connectivity index (χ2v) is 6.73. The van der Waals surface area contributed by atoms with Crippen LogP contribution in [0.2, 0.25) is 0 Å². The lowest BCUT2D eigenvalue weighted by atomic mass is 10.1. The standard InChI is InChI=1S/C24H31NO9/c1-7-29-16-12-15(13-17(30-8-2)20(16)31-9-3)21(26)25-22-19(24(28)33-11-5)18(14(6)34-22)23(27)32-10-4/h12-13H,7-11H2,1-6H3,(H,25,26). The van der Waals surface area contributed by atoms with Crippen molar-refractivity contribution in [1.82, 2.24) is 0 Å². The van der Waals surface area contributed by atoms with E-state index in [1.54, 1.807) is 27.7 Å². The summed E-state index contributed by atoms with van der Waals surface area (Å²) in [7, 11) is 0. The maximum Gasteiger partial charge on any atom is 0.344 e. The molecule has 0 saturated carbocycles. The molecule has 0 bridgehead atoms. The highest BCUT2D eigenvalue weighted by molar-refractivity contribution is 6.12. The molecule has 0 radical (unpaired) electrons. The quantitative estimate of drug-likeness (QED) is 0.443. The van der Waals surface area contributed by atoms with E-state index in [2.05, 4.69) is 5.32 Å². The predicted octanol–water partition coefficient (Wildman–Crippen LogP) is 4.39. The minimum absolute atomic E-state index is 0.0625. The Kier molecular flexibility index (Phi) is 9.78. The smallest absolute Gasteiger partial charge is 0.344 e. The lowest BCUT2D eigenvalue weighted by Crippen LogP contribution is -2.18. The van der Waals surface area contributed by atoms with Crippen LogP contribution in [0.25, 0.3) is 0 Å². The van der Waals surface area contributed by atoms with E-state index in [-0.39, 0.29) is 41.5 Å². The van der Waals surface area contributed by atoms with Crippen molar-refractivity contribution in [3.05, 3.63) is 34.6 Å². The summed E-state index contributed by atoms with van der Waals surface area (Å²) in [6.45, 7) is 11.4. The monoisotopic (exact) mass is 477 g/mol. The van der Waals surface area contributed by atoms with Crippen molar-refractivity contribution >= 4 is 23.7 Å². The molecule has 1 aromatic heterocycles. The first-order valence-electron chi connectivity index (χ1n) is 11.2.